The van der Waals surface area contributed by atoms with Crippen LogP contribution in [0.2, 0.25) is 0 Å². The number of hydrogen-bond donors (Lipinski definition) is 1. The number of para-hydroxylation sites is 1. The van der Waals surface area contributed by atoms with E-state index in [-0.39, 0.29) is 0 Å². The van der Waals surface area contributed by atoms with Crippen molar-refractivity contribution in [3.8, 4) is 23.0 Å². The first-order valence-electron chi connectivity index (χ1n) is 10.3. The lowest BCUT2D eigenvalue weighted by Crippen LogP contribution is -2.45. The first-order chi connectivity index (χ1) is 15.8. The van der Waals surface area contributed by atoms with Crippen LogP contribution in [0.4, 0.5) is 11.4 Å². The van der Waals surface area contributed by atoms with E-state index in [0.717, 1.165) is 10.6 Å². The van der Waals surface area contributed by atoms with Gasteiger partial charge < -0.3 is 19.5 Å². The highest BCUT2D eigenvalue weighted by Crippen LogP contribution is 2.33. The van der Waals surface area contributed by atoms with Gasteiger partial charge in [-0.2, -0.15) is 0 Å². The average molecular weight is 469 g/mol. The third-order valence-electron chi connectivity index (χ3n) is 4.97. The first kappa shape index (κ1) is 22.5. The van der Waals surface area contributed by atoms with Gasteiger partial charge in [-0.25, -0.2) is 8.42 Å². The summed E-state index contributed by atoms with van der Waals surface area (Å²) in [5, 5.41) is 2.75. The Hall–Kier alpha value is -3.72. The largest absolute Gasteiger partial charge is 0.486 e. The van der Waals surface area contributed by atoms with Crippen molar-refractivity contribution >= 4 is 27.3 Å². The fourth-order valence-corrected chi connectivity index (χ4v) is 4.64. The SMILES string of the molecule is C[C@H](C(=O)Nc1ccc2c(c1)OCCO2)N(c1ccc(Oc2ccccc2)cc1)S(C)(=O)=O. The Morgan fingerprint density at radius 2 is 1.58 bits per heavy atom. The molecule has 0 spiro atoms. The smallest absolute Gasteiger partial charge is 0.247 e. The Morgan fingerprint density at radius 1 is 0.939 bits per heavy atom. The number of nitrogens with zero attached hydrogens (tertiary/aromatic N) is 1. The van der Waals surface area contributed by atoms with Gasteiger partial charge in [-0.15, -0.1) is 0 Å². The summed E-state index contributed by atoms with van der Waals surface area (Å²) < 4.78 is 43.0. The van der Waals surface area contributed by atoms with E-state index in [2.05, 4.69) is 5.32 Å². The number of benzene rings is 3. The predicted octanol–water partition coefficient (Wildman–Crippen LogP) is 4.04. The van der Waals surface area contributed by atoms with E-state index in [1.54, 1.807) is 42.5 Å². The zero-order chi connectivity index (χ0) is 23.4. The van der Waals surface area contributed by atoms with Crippen LogP contribution >= 0.6 is 0 Å². The summed E-state index contributed by atoms with van der Waals surface area (Å²) in [5.74, 6) is 1.86. The third-order valence-corrected chi connectivity index (χ3v) is 6.21. The van der Waals surface area contributed by atoms with Crippen LogP contribution in [0.25, 0.3) is 0 Å². The van der Waals surface area contributed by atoms with E-state index in [0.29, 0.717) is 47.6 Å². The molecular weight excluding hydrogens is 444 g/mol. The lowest BCUT2D eigenvalue weighted by Gasteiger charge is -2.28. The fraction of sp³-hybridized carbons (Fsp3) is 0.208. The number of ether oxygens (including phenoxy) is 3. The van der Waals surface area contributed by atoms with Gasteiger partial charge in [-0.05, 0) is 55.5 Å². The predicted molar refractivity (Wildman–Crippen MR) is 126 cm³/mol. The quantitative estimate of drug-likeness (QED) is 0.562. The number of nitrogens with one attached hydrogen (secondary N) is 1. The minimum absolute atomic E-state index is 0.350. The van der Waals surface area contributed by atoms with Gasteiger partial charge in [0.05, 0.1) is 11.9 Å². The highest BCUT2D eigenvalue weighted by atomic mass is 32.2. The molecule has 0 radical (unpaired) electrons. The maximum Gasteiger partial charge on any atom is 0.247 e. The van der Waals surface area contributed by atoms with Crippen LogP contribution in [0, 0.1) is 0 Å². The maximum atomic E-state index is 12.9. The summed E-state index contributed by atoms with van der Waals surface area (Å²) in [7, 11) is -3.75. The van der Waals surface area contributed by atoms with Crippen molar-refractivity contribution in [1.82, 2.24) is 0 Å². The number of hydrogen-bond acceptors (Lipinski definition) is 6. The van der Waals surface area contributed by atoms with Crippen molar-refractivity contribution < 1.29 is 27.4 Å². The van der Waals surface area contributed by atoms with Gasteiger partial charge in [0.2, 0.25) is 15.9 Å². The molecule has 3 aromatic carbocycles. The standard InChI is InChI=1S/C24H24N2O6S/c1-17(24(27)25-18-8-13-22-23(16-18)31-15-14-30-22)26(33(2,28)29)19-9-11-21(12-10-19)32-20-6-4-3-5-7-20/h3-13,16-17H,14-15H2,1-2H3,(H,25,27)/t17-/m1/s1. The van der Waals surface area contributed by atoms with Crippen LogP contribution < -0.4 is 23.8 Å². The van der Waals surface area contributed by atoms with Crippen LogP contribution in [0.5, 0.6) is 23.0 Å². The van der Waals surface area contributed by atoms with Crippen LogP contribution in [-0.4, -0.2) is 39.8 Å². The van der Waals surface area contributed by atoms with Gasteiger partial charge in [0.15, 0.2) is 11.5 Å². The zero-order valence-electron chi connectivity index (χ0n) is 18.2. The molecule has 1 N–H and O–H groups in total. The number of anilines is 2. The number of carbonyl (C=O) groups is 1. The second-order valence-electron chi connectivity index (χ2n) is 7.49. The molecule has 1 amide bonds. The highest BCUT2D eigenvalue weighted by Gasteiger charge is 2.29. The highest BCUT2D eigenvalue weighted by molar-refractivity contribution is 7.92. The Balaban J connectivity index is 1.51. The molecule has 9 heteroatoms. The lowest BCUT2D eigenvalue weighted by molar-refractivity contribution is -0.116. The first-order valence-corrected chi connectivity index (χ1v) is 12.2. The second-order valence-corrected chi connectivity index (χ2v) is 9.35. The molecule has 0 aliphatic carbocycles. The molecule has 4 rings (SSSR count). The summed E-state index contributed by atoms with van der Waals surface area (Å²) in [6, 6.07) is 19.8. The van der Waals surface area contributed by atoms with Gasteiger partial charge in [-0.3, -0.25) is 9.10 Å². The summed E-state index contributed by atoms with van der Waals surface area (Å²) in [5.41, 5.74) is 0.832. The van der Waals surface area contributed by atoms with E-state index in [9.17, 15) is 13.2 Å². The second kappa shape index (κ2) is 9.41. The van der Waals surface area contributed by atoms with Gasteiger partial charge >= 0.3 is 0 Å². The Bertz CT molecular complexity index is 1230. The molecule has 8 nitrogen and oxygen atoms in total. The Morgan fingerprint density at radius 3 is 2.24 bits per heavy atom. The van der Waals surface area contributed by atoms with Crippen molar-refractivity contribution in [3.05, 3.63) is 72.8 Å². The van der Waals surface area contributed by atoms with E-state index >= 15 is 0 Å². The summed E-state index contributed by atoms with van der Waals surface area (Å²) >= 11 is 0. The van der Waals surface area contributed by atoms with Gasteiger partial charge in [0.1, 0.15) is 30.8 Å². The molecule has 1 aliphatic heterocycles. The monoisotopic (exact) mass is 468 g/mol. The Kier molecular flexibility index (Phi) is 6.41. The summed E-state index contributed by atoms with van der Waals surface area (Å²) in [6.45, 7) is 2.42. The molecule has 0 fully saturated rings. The Labute approximate surface area is 192 Å². The third kappa shape index (κ3) is 5.38. The molecule has 1 aliphatic rings. The number of carbonyl (C=O) groups excluding carboxylic acids is 1. The van der Waals surface area contributed by atoms with E-state index in [1.165, 1.54) is 6.92 Å². The van der Waals surface area contributed by atoms with Crippen molar-refractivity contribution in [1.29, 1.82) is 0 Å². The molecule has 33 heavy (non-hydrogen) atoms. The minimum atomic E-state index is -3.75. The summed E-state index contributed by atoms with van der Waals surface area (Å²) in [4.78, 5) is 12.9. The molecule has 0 bridgehead atoms. The van der Waals surface area contributed by atoms with E-state index in [4.69, 9.17) is 14.2 Å². The van der Waals surface area contributed by atoms with Gasteiger partial charge in [0, 0.05) is 11.8 Å². The van der Waals surface area contributed by atoms with Gasteiger partial charge in [-0.1, -0.05) is 18.2 Å². The van der Waals surface area contributed by atoms with Crippen LogP contribution in [-0.2, 0) is 14.8 Å². The molecular formula is C24H24N2O6S. The van der Waals surface area contributed by atoms with Crippen molar-refractivity contribution in [2.45, 2.75) is 13.0 Å². The molecule has 3 aromatic rings. The molecule has 0 saturated carbocycles. The van der Waals surface area contributed by atoms with Crippen molar-refractivity contribution in [3.63, 3.8) is 0 Å². The maximum absolute atomic E-state index is 12.9. The fourth-order valence-electron chi connectivity index (χ4n) is 3.46. The van der Waals surface area contributed by atoms with Crippen LogP contribution in [0.3, 0.4) is 0 Å². The lowest BCUT2D eigenvalue weighted by atomic mass is 10.2. The van der Waals surface area contributed by atoms with Crippen LogP contribution in [0.15, 0.2) is 72.8 Å². The molecule has 1 atom stereocenters. The molecule has 0 saturated heterocycles. The van der Waals surface area contributed by atoms with Crippen molar-refractivity contribution in [2.75, 3.05) is 29.1 Å². The number of sulfonamides is 1. The van der Waals surface area contributed by atoms with E-state index < -0.39 is 22.0 Å². The normalized spacial score (nSPS) is 13.6. The minimum Gasteiger partial charge on any atom is -0.486 e. The molecule has 0 unspecified atom stereocenters. The van der Waals surface area contributed by atoms with Crippen LogP contribution in [0.1, 0.15) is 6.92 Å². The molecule has 0 aromatic heterocycles. The number of fused-ring (bicyclic) bond motifs is 1. The number of rotatable bonds is 7. The molecule has 1 heterocycles. The van der Waals surface area contributed by atoms with E-state index in [1.807, 2.05) is 30.3 Å². The number of amides is 1. The van der Waals surface area contributed by atoms with Crippen molar-refractivity contribution in [2.24, 2.45) is 0 Å². The average Bonchev–Trinajstić information content (AvgIpc) is 2.80. The summed E-state index contributed by atoms with van der Waals surface area (Å²) in [6.07, 6.45) is 1.06. The zero-order valence-corrected chi connectivity index (χ0v) is 19.0. The van der Waals surface area contributed by atoms with Gasteiger partial charge in [0.25, 0.3) is 0 Å². The topological polar surface area (TPSA) is 94.2 Å². The molecule has 172 valence electrons.